The molecule has 1 aromatic rings. The number of anilines is 1. The molecule has 0 N–H and O–H groups in total. The van der Waals surface area contributed by atoms with Crippen LogP contribution in [0.3, 0.4) is 0 Å². The first-order valence-electron chi connectivity index (χ1n) is 9.70. The Morgan fingerprint density at radius 3 is 2.41 bits per heavy atom. The summed E-state index contributed by atoms with van der Waals surface area (Å²) < 4.78 is 10.5. The molecule has 0 radical (unpaired) electrons. The number of hydrogen-bond acceptors (Lipinski definition) is 5. The summed E-state index contributed by atoms with van der Waals surface area (Å²) in [6, 6.07) is 2.92. The maximum absolute atomic E-state index is 13.3. The fourth-order valence-corrected chi connectivity index (χ4v) is 3.15. The first-order chi connectivity index (χ1) is 13.9. The monoisotopic (exact) mass is 441 g/mol. The van der Waals surface area contributed by atoms with E-state index in [-0.39, 0.29) is 51.7 Å². The Balaban J connectivity index is 2.53. The van der Waals surface area contributed by atoms with Crippen molar-refractivity contribution in [2.75, 3.05) is 24.7 Å². The third kappa shape index (κ3) is 5.52. The molecule has 6 nitrogen and oxygen atoms in total. The molecule has 1 fully saturated rings. The summed E-state index contributed by atoms with van der Waals surface area (Å²) in [4.78, 5) is 39.8. The summed E-state index contributed by atoms with van der Waals surface area (Å²) in [6.45, 7) is 6.10. The fraction of sp³-hybridized carbons (Fsp3) is 0.476. The summed E-state index contributed by atoms with van der Waals surface area (Å²) in [5.41, 5.74) is 0.153. The molecule has 0 aromatic heterocycles. The maximum Gasteiger partial charge on any atom is 0.414 e. The predicted molar refractivity (Wildman–Crippen MR) is 113 cm³/mol. The van der Waals surface area contributed by atoms with Gasteiger partial charge in [0.05, 0.1) is 35.2 Å². The van der Waals surface area contributed by atoms with Crippen molar-refractivity contribution in [2.45, 2.75) is 40.0 Å². The molecule has 1 amide bonds. The lowest BCUT2D eigenvalue weighted by atomic mass is 9.97. The number of ketones is 2. The number of hydrogen-bond donors (Lipinski definition) is 0. The number of benzene rings is 1. The van der Waals surface area contributed by atoms with Gasteiger partial charge in [0.25, 0.3) is 0 Å². The van der Waals surface area contributed by atoms with Crippen molar-refractivity contribution in [1.82, 2.24) is 0 Å². The van der Waals surface area contributed by atoms with E-state index in [9.17, 15) is 14.4 Å². The summed E-state index contributed by atoms with van der Waals surface area (Å²) in [5.74, 6) is -1.00. The predicted octanol–water partition coefficient (Wildman–Crippen LogP) is 5.45. The number of carbonyl (C=O) groups is 3. The Kier molecular flexibility index (Phi) is 8.53. The minimum Gasteiger partial charge on any atom is -0.501 e. The molecule has 0 atom stereocenters. The Morgan fingerprint density at radius 2 is 1.86 bits per heavy atom. The van der Waals surface area contributed by atoms with Crippen LogP contribution in [0, 0.1) is 5.92 Å². The van der Waals surface area contributed by atoms with Gasteiger partial charge in [-0.3, -0.25) is 14.5 Å². The van der Waals surface area contributed by atoms with E-state index in [2.05, 4.69) is 0 Å². The van der Waals surface area contributed by atoms with Gasteiger partial charge >= 0.3 is 6.09 Å². The van der Waals surface area contributed by atoms with Crippen LogP contribution in [0.25, 0.3) is 0 Å². The van der Waals surface area contributed by atoms with Crippen LogP contribution < -0.4 is 4.90 Å². The highest BCUT2D eigenvalue weighted by atomic mass is 35.5. The number of amides is 1. The highest BCUT2D eigenvalue weighted by Crippen LogP contribution is 2.39. The van der Waals surface area contributed by atoms with Gasteiger partial charge in [0.2, 0.25) is 5.78 Å². The molecular formula is C21H25Cl2NO5. The minimum atomic E-state index is -0.642. The van der Waals surface area contributed by atoms with Crippen LogP contribution in [0.1, 0.15) is 50.4 Å². The molecule has 0 saturated heterocycles. The number of Topliss-reactive ketones (excluding diaryl/α,β-unsaturated/α-hetero) is 2. The fourth-order valence-electron chi connectivity index (χ4n) is 2.73. The highest BCUT2D eigenvalue weighted by molar-refractivity contribution is 6.45. The van der Waals surface area contributed by atoms with E-state index in [0.717, 1.165) is 12.8 Å². The number of ether oxygens (including phenoxy) is 2. The average molecular weight is 442 g/mol. The lowest BCUT2D eigenvalue weighted by Crippen LogP contribution is -2.33. The van der Waals surface area contributed by atoms with Gasteiger partial charge in [0.15, 0.2) is 5.78 Å². The van der Waals surface area contributed by atoms with Crippen molar-refractivity contribution in [1.29, 1.82) is 0 Å². The Morgan fingerprint density at radius 1 is 1.17 bits per heavy atom. The van der Waals surface area contributed by atoms with Gasteiger partial charge in [-0.15, -0.1) is 0 Å². The van der Waals surface area contributed by atoms with Crippen molar-refractivity contribution < 1.29 is 23.9 Å². The molecule has 2 rings (SSSR count). The first-order valence-corrected chi connectivity index (χ1v) is 10.5. The van der Waals surface area contributed by atoms with Gasteiger partial charge in [-0.25, -0.2) is 4.79 Å². The third-order valence-corrected chi connectivity index (χ3v) is 5.17. The smallest absolute Gasteiger partial charge is 0.414 e. The Hall–Kier alpha value is -2.05. The maximum atomic E-state index is 13.3. The van der Waals surface area contributed by atoms with Gasteiger partial charge < -0.3 is 9.47 Å². The molecular weight excluding hydrogens is 417 g/mol. The number of carbonyl (C=O) groups excluding carboxylic acids is 3. The lowest BCUT2D eigenvalue weighted by Gasteiger charge is -2.24. The van der Waals surface area contributed by atoms with E-state index < -0.39 is 11.9 Å². The molecule has 0 unspecified atom stereocenters. The standard InChI is InChI=1S/C21H25Cl2NO5/c1-4-11-29-21(27)24(5-2)18-14(9-10-16(22)17(18)23)20(26)15(12-28-6-3)19(25)13-7-8-13/h9-10,12-13H,4-8,11H2,1-3H3. The van der Waals surface area contributed by atoms with Crippen LogP contribution in [-0.2, 0) is 14.3 Å². The number of halogens is 2. The Labute approximate surface area is 180 Å². The third-order valence-electron chi connectivity index (χ3n) is 4.38. The molecule has 1 saturated carbocycles. The van der Waals surface area contributed by atoms with Crippen molar-refractivity contribution in [3.8, 4) is 0 Å². The second-order valence-electron chi connectivity index (χ2n) is 6.57. The Bertz CT molecular complexity index is 818. The number of rotatable bonds is 10. The summed E-state index contributed by atoms with van der Waals surface area (Å²) in [5, 5.41) is 0.228. The zero-order valence-electron chi connectivity index (χ0n) is 16.8. The van der Waals surface area contributed by atoms with Gasteiger partial charge in [-0.2, -0.15) is 0 Å². The molecule has 158 valence electrons. The largest absolute Gasteiger partial charge is 0.501 e. The molecule has 1 aliphatic rings. The van der Waals surface area contributed by atoms with Crippen LogP contribution in [0.2, 0.25) is 10.0 Å². The van der Waals surface area contributed by atoms with E-state index in [0.29, 0.717) is 13.0 Å². The van der Waals surface area contributed by atoms with Gasteiger partial charge in [0, 0.05) is 18.0 Å². The molecule has 0 aliphatic heterocycles. The van der Waals surface area contributed by atoms with Gasteiger partial charge in [0.1, 0.15) is 5.57 Å². The first kappa shape index (κ1) is 23.2. The van der Waals surface area contributed by atoms with Gasteiger partial charge in [-0.1, -0.05) is 30.1 Å². The van der Waals surface area contributed by atoms with Crippen molar-refractivity contribution in [3.63, 3.8) is 0 Å². The van der Waals surface area contributed by atoms with E-state index in [4.69, 9.17) is 32.7 Å². The van der Waals surface area contributed by atoms with Crippen molar-refractivity contribution in [3.05, 3.63) is 39.6 Å². The quantitative estimate of drug-likeness (QED) is 0.158. The SMILES string of the molecule is CCCOC(=O)N(CC)c1c(C(=O)C(=COCC)C(=O)C2CC2)ccc(Cl)c1Cl. The number of allylic oxidation sites excluding steroid dienone is 1. The van der Waals surface area contributed by atoms with Crippen molar-refractivity contribution >= 4 is 46.5 Å². The zero-order chi connectivity index (χ0) is 21.6. The second kappa shape index (κ2) is 10.6. The molecule has 0 bridgehead atoms. The summed E-state index contributed by atoms with van der Waals surface area (Å²) in [6.07, 6.45) is 2.69. The van der Waals surface area contributed by atoms with Crippen LogP contribution in [0.4, 0.5) is 10.5 Å². The van der Waals surface area contributed by atoms with Crippen molar-refractivity contribution in [2.24, 2.45) is 5.92 Å². The van der Waals surface area contributed by atoms with Crippen LogP contribution in [-0.4, -0.2) is 37.4 Å². The highest BCUT2D eigenvalue weighted by Gasteiger charge is 2.37. The number of nitrogens with zero attached hydrogens (tertiary/aromatic N) is 1. The summed E-state index contributed by atoms with van der Waals surface area (Å²) in [7, 11) is 0. The molecule has 8 heteroatoms. The van der Waals surface area contributed by atoms with E-state index in [1.807, 2.05) is 6.92 Å². The van der Waals surface area contributed by atoms with E-state index in [1.54, 1.807) is 13.8 Å². The molecule has 1 aromatic carbocycles. The molecule has 0 heterocycles. The van der Waals surface area contributed by atoms with Crippen LogP contribution >= 0.6 is 23.2 Å². The van der Waals surface area contributed by atoms with Crippen LogP contribution in [0.15, 0.2) is 24.0 Å². The van der Waals surface area contributed by atoms with Gasteiger partial charge in [-0.05, 0) is 45.2 Å². The zero-order valence-corrected chi connectivity index (χ0v) is 18.3. The second-order valence-corrected chi connectivity index (χ2v) is 7.36. The van der Waals surface area contributed by atoms with E-state index in [1.165, 1.54) is 23.3 Å². The lowest BCUT2D eigenvalue weighted by molar-refractivity contribution is -0.116. The topological polar surface area (TPSA) is 72.9 Å². The molecule has 0 spiro atoms. The normalized spacial score (nSPS) is 13.8. The van der Waals surface area contributed by atoms with E-state index >= 15 is 0 Å². The molecule has 29 heavy (non-hydrogen) atoms. The molecule has 1 aliphatic carbocycles. The average Bonchev–Trinajstić information content (AvgIpc) is 3.55. The minimum absolute atomic E-state index is 0.0439. The summed E-state index contributed by atoms with van der Waals surface area (Å²) >= 11 is 12.5. The van der Waals surface area contributed by atoms with Crippen LogP contribution in [0.5, 0.6) is 0 Å².